The van der Waals surface area contributed by atoms with E-state index in [4.69, 9.17) is 5.11 Å². The fourth-order valence-electron chi connectivity index (χ4n) is 1.41. The molecule has 0 aliphatic carbocycles. The van der Waals surface area contributed by atoms with Crippen molar-refractivity contribution in [3.8, 4) is 0 Å². The van der Waals surface area contributed by atoms with Gasteiger partial charge in [0, 0.05) is 6.42 Å². The lowest BCUT2D eigenvalue weighted by Gasteiger charge is -2.21. The molecule has 1 aliphatic heterocycles. The van der Waals surface area contributed by atoms with Gasteiger partial charge in [0.1, 0.15) is 6.04 Å². The number of hydrogen-bond acceptors (Lipinski definition) is 2. The van der Waals surface area contributed by atoms with Crippen molar-refractivity contribution in [1.29, 1.82) is 0 Å². The summed E-state index contributed by atoms with van der Waals surface area (Å²) >= 11 is 0. The summed E-state index contributed by atoms with van der Waals surface area (Å²) in [6, 6.07) is -2.14. The maximum atomic E-state index is 12.7. The van der Waals surface area contributed by atoms with Crippen molar-refractivity contribution in [2.75, 3.05) is 6.54 Å². The van der Waals surface area contributed by atoms with Gasteiger partial charge in [0.2, 0.25) is 0 Å². The highest BCUT2D eigenvalue weighted by Crippen LogP contribution is 2.34. The second kappa shape index (κ2) is 3.56. The van der Waals surface area contributed by atoms with Crippen LogP contribution in [0.4, 0.5) is 22.0 Å². The average molecular weight is 247 g/mol. The maximum absolute atomic E-state index is 12.7. The summed E-state index contributed by atoms with van der Waals surface area (Å²) in [5, 5.41) is 8.44. The summed E-state index contributed by atoms with van der Waals surface area (Å²) in [6.45, 7) is -1.53. The van der Waals surface area contributed by atoms with E-state index >= 15 is 0 Å². The first-order chi connectivity index (χ1) is 7.04. The normalized spacial score (nSPS) is 24.6. The predicted octanol–water partition coefficient (Wildman–Crippen LogP) is 0.869. The van der Waals surface area contributed by atoms with Crippen LogP contribution >= 0.6 is 0 Å². The van der Waals surface area contributed by atoms with Crippen molar-refractivity contribution < 1.29 is 36.6 Å². The van der Waals surface area contributed by atoms with Gasteiger partial charge in [-0.2, -0.15) is 13.2 Å². The largest absolute Gasteiger partial charge is 0.480 e. The maximum Gasteiger partial charge on any atom is 0.471 e. The zero-order valence-corrected chi connectivity index (χ0v) is 7.59. The third-order valence-electron chi connectivity index (χ3n) is 2.06. The van der Waals surface area contributed by atoms with Crippen LogP contribution in [0.1, 0.15) is 6.42 Å². The Labute approximate surface area is 85.6 Å². The molecule has 16 heavy (non-hydrogen) atoms. The lowest BCUT2D eigenvalue weighted by atomic mass is 10.2. The number of carboxylic acids is 1. The van der Waals surface area contributed by atoms with E-state index in [2.05, 4.69) is 0 Å². The minimum Gasteiger partial charge on any atom is -0.480 e. The molecule has 4 nitrogen and oxygen atoms in total. The Kier molecular flexibility index (Phi) is 2.82. The summed E-state index contributed by atoms with van der Waals surface area (Å²) in [5.74, 6) is -8.05. The van der Waals surface area contributed by atoms with E-state index in [1.165, 1.54) is 0 Å². The molecule has 0 saturated carbocycles. The lowest BCUT2D eigenvalue weighted by Crippen LogP contribution is -2.47. The molecule has 0 aromatic carbocycles. The molecule has 1 saturated heterocycles. The number of amides is 1. The van der Waals surface area contributed by atoms with Crippen LogP contribution in [0.3, 0.4) is 0 Å². The Morgan fingerprint density at radius 2 is 1.81 bits per heavy atom. The Balaban J connectivity index is 2.95. The number of rotatable bonds is 1. The van der Waals surface area contributed by atoms with Crippen LogP contribution < -0.4 is 0 Å². The molecule has 0 aromatic heterocycles. The molecular formula is C7H6F5NO3. The van der Waals surface area contributed by atoms with Crippen molar-refractivity contribution in [3.63, 3.8) is 0 Å². The van der Waals surface area contributed by atoms with E-state index < -0.39 is 43.0 Å². The zero-order valence-electron chi connectivity index (χ0n) is 7.59. The Morgan fingerprint density at radius 1 is 1.31 bits per heavy atom. The van der Waals surface area contributed by atoms with Crippen molar-refractivity contribution in [3.05, 3.63) is 0 Å². The molecular weight excluding hydrogens is 241 g/mol. The van der Waals surface area contributed by atoms with E-state index in [1.807, 2.05) is 0 Å². The van der Waals surface area contributed by atoms with Gasteiger partial charge in [-0.05, 0) is 0 Å². The van der Waals surface area contributed by atoms with Crippen molar-refractivity contribution in [1.82, 2.24) is 4.90 Å². The number of nitrogens with zero attached hydrogens (tertiary/aromatic N) is 1. The summed E-state index contributed by atoms with van der Waals surface area (Å²) in [6.07, 6.45) is -6.65. The number of carbonyl (C=O) groups is 2. The number of aliphatic carboxylic acids is 1. The van der Waals surface area contributed by atoms with Crippen molar-refractivity contribution in [2.24, 2.45) is 0 Å². The van der Waals surface area contributed by atoms with Crippen LogP contribution in [-0.4, -0.2) is 46.6 Å². The van der Waals surface area contributed by atoms with Gasteiger partial charge in [-0.25, -0.2) is 13.6 Å². The number of halogens is 5. The first kappa shape index (κ1) is 12.7. The molecule has 1 amide bonds. The summed E-state index contributed by atoms with van der Waals surface area (Å²) in [4.78, 5) is 20.8. The van der Waals surface area contributed by atoms with Gasteiger partial charge in [-0.15, -0.1) is 0 Å². The highest BCUT2D eigenvalue weighted by atomic mass is 19.4. The van der Waals surface area contributed by atoms with Gasteiger partial charge in [-0.1, -0.05) is 0 Å². The van der Waals surface area contributed by atoms with Crippen LogP contribution in [0.15, 0.2) is 0 Å². The molecule has 1 heterocycles. The van der Waals surface area contributed by atoms with Crippen LogP contribution in [0.5, 0.6) is 0 Å². The van der Waals surface area contributed by atoms with Gasteiger partial charge in [0.05, 0.1) is 6.54 Å². The molecule has 1 fully saturated rings. The monoisotopic (exact) mass is 247 g/mol. The molecule has 0 bridgehead atoms. The molecule has 92 valence electrons. The van der Waals surface area contributed by atoms with Crippen LogP contribution in [0.2, 0.25) is 0 Å². The average Bonchev–Trinajstić information content (AvgIpc) is 2.38. The van der Waals surface area contributed by atoms with Crippen LogP contribution in [0, 0.1) is 0 Å². The Morgan fingerprint density at radius 3 is 2.19 bits per heavy atom. The summed E-state index contributed by atoms with van der Waals surface area (Å²) in [5.41, 5.74) is 0. The van der Waals surface area contributed by atoms with Gasteiger partial charge < -0.3 is 10.0 Å². The molecule has 0 spiro atoms. The second-order valence-corrected chi connectivity index (χ2v) is 3.34. The van der Waals surface area contributed by atoms with Crippen molar-refractivity contribution in [2.45, 2.75) is 24.6 Å². The van der Waals surface area contributed by atoms with Gasteiger partial charge >= 0.3 is 18.1 Å². The third kappa shape index (κ3) is 2.39. The molecule has 0 aromatic rings. The van der Waals surface area contributed by atoms with E-state index in [-0.39, 0.29) is 4.90 Å². The molecule has 9 heteroatoms. The van der Waals surface area contributed by atoms with Crippen LogP contribution in [-0.2, 0) is 9.59 Å². The molecule has 0 radical (unpaired) electrons. The summed E-state index contributed by atoms with van der Waals surface area (Å²) in [7, 11) is 0. The predicted molar refractivity (Wildman–Crippen MR) is 38.8 cm³/mol. The first-order valence-electron chi connectivity index (χ1n) is 4.03. The number of carboxylic acid groups (broad SMARTS) is 1. The van der Waals surface area contributed by atoms with Gasteiger partial charge in [-0.3, -0.25) is 4.79 Å². The minimum atomic E-state index is -5.35. The number of hydrogen-bond donors (Lipinski definition) is 1. The SMILES string of the molecule is O=C(O)C1CC(F)(F)CN1C(=O)C(F)(F)F. The highest BCUT2D eigenvalue weighted by Gasteiger charge is 2.55. The topological polar surface area (TPSA) is 57.6 Å². The zero-order chi connectivity index (χ0) is 12.7. The van der Waals surface area contributed by atoms with Crippen molar-refractivity contribution >= 4 is 11.9 Å². The molecule has 1 unspecified atom stereocenters. The quantitative estimate of drug-likeness (QED) is 0.699. The van der Waals surface area contributed by atoms with Gasteiger partial charge in [0.25, 0.3) is 5.92 Å². The molecule has 1 rings (SSSR count). The Hall–Kier alpha value is -1.41. The molecule has 1 atom stereocenters. The van der Waals surface area contributed by atoms with Gasteiger partial charge in [0.15, 0.2) is 0 Å². The first-order valence-corrected chi connectivity index (χ1v) is 4.03. The minimum absolute atomic E-state index is 0.359. The number of likely N-dealkylation sites (tertiary alicyclic amines) is 1. The second-order valence-electron chi connectivity index (χ2n) is 3.34. The fourth-order valence-corrected chi connectivity index (χ4v) is 1.41. The standard InChI is InChI=1S/C7H6F5NO3/c8-6(9)1-3(4(14)15)13(2-6)5(16)7(10,11)12/h3H,1-2H2,(H,14,15). The smallest absolute Gasteiger partial charge is 0.471 e. The van der Waals surface area contributed by atoms with Crippen LogP contribution in [0.25, 0.3) is 0 Å². The molecule has 1 aliphatic rings. The number of carbonyl (C=O) groups excluding carboxylic acids is 1. The van der Waals surface area contributed by atoms with E-state index in [9.17, 15) is 31.5 Å². The number of alkyl halides is 5. The summed E-state index contributed by atoms with van der Waals surface area (Å²) < 4.78 is 61.3. The van der Waals surface area contributed by atoms with E-state index in [0.717, 1.165) is 0 Å². The lowest BCUT2D eigenvalue weighted by molar-refractivity contribution is -0.188. The van der Waals surface area contributed by atoms with E-state index in [0.29, 0.717) is 0 Å². The Bertz CT molecular complexity index is 326. The fraction of sp³-hybridized carbons (Fsp3) is 0.714. The van der Waals surface area contributed by atoms with E-state index in [1.54, 1.807) is 0 Å². The molecule has 1 N–H and O–H groups in total. The highest BCUT2D eigenvalue weighted by molar-refractivity contribution is 5.87. The third-order valence-corrected chi connectivity index (χ3v) is 2.06.